The van der Waals surface area contributed by atoms with Crippen LogP contribution in [0.5, 0.6) is 0 Å². The molecule has 0 saturated carbocycles. The van der Waals surface area contributed by atoms with E-state index >= 15 is 0 Å². The standard InChI is InChI=1S/C3H7N3O2/c1-5-3(4)2-6(7)8/h2,5H,4H2,1H3/b3-2+. The third-order valence-corrected chi connectivity index (χ3v) is 0.533. The van der Waals surface area contributed by atoms with E-state index in [0.717, 1.165) is 0 Å². The van der Waals surface area contributed by atoms with Gasteiger partial charge in [-0.05, 0) is 0 Å². The van der Waals surface area contributed by atoms with Gasteiger partial charge in [-0.15, -0.1) is 0 Å². The van der Waals surface area contributed by atoms with Gasteiger partial charge in [-0.1, -0.05) is 0 Å². The summed E-state index contributed by atoms with van der Waals surface area (Å²) in [7, 11) is 1.51. The van der Waals surface area contributed by atoms with Crippen LogP contribution in [0.4, 0.5) is 0 Å². The summed E-state index contributed by atoms with van der Waals surface area (Å²) in [5, 5.41) is 12.0. The summed E-state index contributed by atoms with van der Waals surface area (Å²) in [6.07, 6.45) is 0.694. The van der Waals surface area contributed by atoms with Gasteiger partial charge in [-0.3, -0.25) is 10.1 Å². The summed E-state index contributed by atoms with van der Waals surface area (Å²) >= 11 is 0. The van der Waals surface area contributed by atoms with Crippen LogP contribution in [0.1, 0.15) is 0 Å². The van der Waals surface area contributed by atoms with E-state index in [9.17, 15) is 10.1 Å². The van der Waals surface area contributed by atoms with E-state index in [1.807, 2.05) is 0 Å². The highest BCUT2D eigenvalue weighted by molar-refractivity contribution is 4.84. The Hall–Kier alpha value is -1.26. The van der Waals surface area contributed by atoms with Crippen LogP contribution in [-0.4, -0.2) is 12.0 Å². The number of nitrogens with one attached hydrogen (secondary N) is 1. The lowest BCUT2D eigenvalue weighted by Crippen LogP contribution is -2.15. The zero-order valence-electron chi connectivity index (χ0n) is 4.42. The molecular formula is C3H7N3O2. The highest BCUT2D eigenvalue weighted by Gasteiger charge is 1.89. The van der Waals surface area contributed by atoms with Gasteiger partial charge in [0.2, 0.25) is 0 Å². The molecule has 0 aromatic rings. The molecule has 0 fully saturated rings. The molecule has 5 heteroatoms. The SMILES string of the molecule is CN/C(N)=C/[N+](=O)[O-]. The van der Waals surface area contributed by atoms with Crippen molar-refractivity contribution in [2.75, 3.05) is 7.05 Å². The zero-order valence-corrected chi connectivity index (χ0v) is 4.42. The number of nitro groups is 1. The molecular weight excluding hydrogens is 110 g/mol. The maximum absolute atomic E-state index is 9.58. The minimum absolute atomic E-state index is 0.0509. The van der Waals surface area contributed by atoms with Crippen molar-refractivity contribution in [1.29, 1.82) is 0 Å². The molecule has 3 N–H and O–H groups in total. The predicted molar refractivity (Wildman–Crippen MR) is 28.3 cm³/mol. The first kappa shape index (κ1) is 6.74. The highest BCUT2D eigenvalue weighted by Crippen LogP contribution is 1.73. The maximum atomic E-state index is 9.58. The lowest BCUT2D eigenvalue weighted by atomic mass is 10.8. The fourth-order valence-corrected chi connectivity index (χ4v) is 0.178. The van der Waals surface area contributed by atoms with E-state index in [1.165, 1.54) is 7.05 Å². The summed E-state index contributed by atoms with van der Waals surface area (Å²) in [6, 6.07) is 0. The Morgan fingerprint density at radius 1 is 2.00 bits per heavy atom. The van der Waals surface area contributed by atoms with Crippen molar-refractivity contribution in [2.45, 2.75) is 0 Å². The minimum Gasteiger partial charge on any atom is -0.380 e. The highest BCUT2D eigenvalue weighted by atomic mass is 16.6. The summed E-state index contributed by atoms with van der Waals surface area (Å²) < 4.78 is 0. The Kier molecular flexibility index (Phi) is 2.39. The number of nitrogens with zero attached hydrogens (tertiary/aromatic N) is 1. The summed E-state index contributed by atoms with van der Waals surface area (Å²) in [6.45, 7) is 0. The second-order valence-electron chi connectivity index (χ2n) is 1.12. The molecule has 0 aliphatic carbocycles. The van der Waals surface area contributed by atoms with E-state index in [-0.39, 0.29) is 5.82 Å². The van der Waals surface area contributed by atoms with Gasteiger partial charge in [-0.25, -0.2) is 0 Å². The molecule has 0 rings (SSSR count). The molecule has 0 unspecified atom stereocenters. The van der Waals surface area contributed by atoms with Gasteiger partial charge in [0, 0.05) is 7.05 Å². The third kappa shape index (κ3) is 2.95. The minimum atomic E-state index is -0.619. The summed E-state index contributed by atoms with van der Waals surface area (Å²) in [4.78, 5) is 8.96. The van der Waals surface area contributed by atoms with Crippen molar-refractivity contribution in [2.24, 2.45) is 5.73 Å². The molecule has 0 atom stereocenters. The Bertz CT molecular complexity index is 120. The van der Waals surface area contributed by atoms with Crippen molar-refractivity contribution >= 4 is 0 Å². The Morgan fingerprint density at radius 3 is 2.62 bits per heavy atom. The summed E-state index contributed by atoms with van der Waals surface area (Å²) in [5.41, 5.74) is 4.98. The van der Waals surface area contributed by atoms with Crippen molar-refractivity contribution in [1.82, 2.24) is 5.32 Å². The van der Waals surface area contributed by atoms with Gasteiger partial charge in [0.1, 0.15) is 0 Å². The fourth-order valence-electron chi connectivity index (χ4n) is 0.178. The predicted octanol–water partition coefficient (Wildman–Crippen LogP) is -0.760. The van der Waals surface area contributed by atoms with Crippen molar-refractivity contribution in [3.63, 3.8) is 0 Å². The lowest BCUT2D eigenvalue weighted by Gasteiger charge is -1.90. The average molecular weight is 117 g/mol. The molecule has 0 bridgehead atoms. The van der Waals surface area contributed by atoms with Crippen molar-refractivity contribution in [3.8, 4) is 0 Å². The van der Waals surface area contributed by atoms with Crippen molar-refractivity contribution < 1.29 is 4.92 Å². The van der Waals surface area contributed by atoms with Gasteiger partial charge < -0.3 is 11.1 Å². The fraction of sp³-hybridized carbons (Fsp3) is 0.333. The first-order valence-corrected chi connectivity index (χ1v) is 1.95. The second kappa shape index (κ2) is 2.84. The average Bonchev–Trinajstić information content (AvgIpc) is 1.65. The van der Waals surface area contributed by atoms with Gasteiger partial charge in [0.25, 0.3) is 6.20 Å². The van der Waals surface area contributed by atoms with Crippen molar-refractivity contribution in [3.05, 3.63) is 22.1 Å². The molecule has 8 heavy (non-hydrogen) atoms. The smallest absolute Gasteiger partial charge is 0.273 e. The number of rotatable bonds is 2. The molecule has 0 radical (unpaired) electrons. The van der Waals surface area contributed by atoms with Crippen LogP contribution in [0.2, 0.25) is 0 Å². The molecule has 0 saturated heterocycles. The van der Waals surface area contributed by atoms with E-state index in [1.54, 1.807) is 0 Å². The summed E-state index contributed by atoms with van der Waals surface area (Å²) in [5.74, 6) is 0.0509. The topological polar surface area (TPSA) is 81.2 Å². The largest absolute Gasteiger partial charge is 0.380 e. The van der Waals surface area contributed by atoms with Gasteiger partial charge in [-0.2, -0.15) is 0 Å². The normalized spacial score (nSPS) is 10.9. The van der Waals surface area contributed by atoms with Crippen LogP contribution in [-0.2, 0) is 0 Å². The molecule has 0 aromatic heterocycles. The maximum Gasteiger partial charge on any atom is 0.273 e. The Labute approximate surface area is 46.3 Å². The molecule has 0 heterocycles. The van der Waals surface area contributed by atoms with Crippen LogP contribution >= 0.6 is 0 Å². The zero-order chi connectivity index (χ0) is 6.57. The van der Waals surface area contributed by atoms with E-state index < -0.39 is 4.92 Å². The molecule has 5 nitrogen and oxygen atoms in total. The molecule has 0 aromatic carbocycles. The van der Waals surface area contributed by atoms with Gasteiger partial charge in [0.15, 0.2) is 5.82 Å². The monoisotopic (exact) mass is 117 g/mol. The van der Waals surface area contributed by atoms with E-state index in [4.69, 9.17) is 5.73 Å². The van der Waals surface area contributed by atoms with E-state index in [2.05, 4.69) is 5.32 Å². The molecule has 0 aliphatic heterocycles. The van der Waals surface area contributed by atoms with Crippen LogP contribution in [0.3, 0.4) is 0 Å². The number of hydrogen-bond donors (Lipinski definition) is 2. The Morgan fingerprint density at radius 2 is 2.50 bits per heavy atom. The number of hydrogen-bond acceptors (Lipinski definition) is 4. The number of nitrogens with two attached hydrogens (primary N) is 1. The van der Waals surface area contributed by atoms with E-state index in [0.29, 0.717) is 6.20 Å². The van der Waals surface area contributed by atoms with Crippen LogP contribution in [0.25, 0.3) is 0 Å². The van der Waals surface area contributed by atoms with Crippen LogP contribution in [0.15, 0.2) is 12.0 Å². The van der Waals surface area contributed by atoms with Crippen LogP contribution in [0, 0.1) is 10.1 Å². The van der Waals surface area contributed by atoms with Gasteiger partial charge >= 0.3 is 0 Å². The molecule has 46 valence electrons. The van der Waals surface area contributed by atoms with Gasteiger partial charge in [0.05, 0.1) is 4.92 Å². The third-order valence-electron chi connectivity index (χ3n) is 0.533. The first-order chi connectivity index (χ1) is 3.66. The first-order valence-electron chi connectivity index (χ1n) is 1.95. The molecule has 0 amide bonds. The quantitative estimate of drug-likeness (QED) is 0.368. The Balaban J connectivity index is 3.75. The molecule has 0 aliphatic rings. The second-order valence-corrected chi connectivity index (χ2v) is 1.12. The lowest BCUT2D eigenvalue weighted by molar-refractivity contribution is -0.403. The molecule has 0 spiro atoms. The van der Waals surface area contributed by atoms with Crippen LogP contribution < -0.4 is 11.1 Å².